The monoisotopic (exact) mass is 369 g/mol. The summed E-state index contributed by atoms with van der Waals surface area (Å²) in [5, 5.41) is 0. The molecule has 7 heteroatoms. The van der Waals surface area contributed by atoms with Gasteiger partial charge in [0.1, 0.15) is 0 Å². The van der Waals surface area contributed by atoms with Crippen molar-refractivity contribution in [2.75, 3.05) is 13.2 Å². The fourth-order valence-electron chi connectivity index (χ4n) is 1.53. The van der Waals surface area contributed by atoms with Gasteiger partial charge in [0.15, 0.2) is 0 Å². The highest BCUT2D eigenvalue weighted by Gasteiger charge is 2.18. The molecule has 0 aliphatic rings. The van der Waals surface area contributed by atoms with Gasteiger partial charge in [0.25, 0.3) is 0 Å². The minimum absolute atomic E-state index is 0.225. The zero-order valence-corrected chi connectivity index (χ0v) is 14.6. The highest BCUT2D eigenvalue weighted by atomic mass is 79.9. The molecule has 0 bridgehead atoms. The number of aryl methyl sites for hydroxylation is 1. The summed E-state index contributed by atoms with van der Waals surface area (Å²) in [6, 6.07) is 1.64. The molecule has 0 spiro atoms. The van der Waals surface area contributed by atoms with E-state index < -0.39 is 10.0 Å². The van der Waals surface area contributed by atoms with E-state index in [-0.39, 0.29) is 6.10 Å². The SMILES string of the molecule is Cc1sc(Br)cc1S(=O)(=O)NCCCCOC(C)C. The molecule has 1 aromatic heterocycles. The zero-order chi connectivity index (χ0) is 14.5. The quantitative estimate of drug-likeness (QED) is 0.715. The van der Waals surface area contributed by atoms with Crippen molar-refractivity contribution in [1.29, 1.82) is 0 Å². The van der Waals surface area contributed by atoms with Crippen LogP contribution in [-0.4, -0.2) is 27.7 Å². The summed E-state index contributed by atoms with van der Waals surface area (Å²) in [6.07, 6.45) is 1.85. The number of thiophene rings is 1. The van der Waals surface area contributed by atoms with Crippen LogP contribution in [0.5, 0.6) is 0 Å². The molecular formula is C12H20BrNO3S2. The number of ether oxygens (including phenoxy) is 1. The van der Waals surface area contributed by atoms with Gasteiger partial charge in [-0.15, -0.1) is 11.3 Å². The molecular weight excluding hydrogens is 350 g/mol. The minimum Gasteiger partial charge on any atom is -0.379 e. The maximum Gasteiger partial charge on any atom is 0.241 e. The molecule has 0 aromatic carbocycles. The van der Waals surface area contributed by atoms with Crippen LogP contribution in [-0.2, 0) is 14.8 Å². The molecule has 0 aliphatic carbocycles. The van der Waals surface area contributed by atoms with Crippen LogP contribution in [0.2, 0.25) is 0 Å². The molecule has 0 saturated heterocycles. The van der Waals surface area contributed by atoms with E-state index in [1.807, 2.05) is 13.8 Å². The second kappa shape index (κ2) is 7.73. The number of sulfonamides is 1. The number of unbranched alkanes of at least 4 members (excludes halogenated alkanes) is 1. The molecule has 0 fully saturated rings. The minimum atomic E-state index is -3.38. The highest BCUT2D eigenvalue weighted by Crippen LogP contribution is 2.29. The van der Waals surface area contributed by atoms with Gasteiger partial charge in [-0.25, -0.2) is 13.1 Å². The van der Waals surface area contributed by atoms with Crippen LogP contribution in [0, 0.1) is 6.92 Å². The van der Waals surface area contributed by atoms with Gasteiger partial charge in [0.2, 0.25) is 10.0 Å². The Labute approximate surface area is 127 Å². The third-order valence-corrected chi connectivity index (χ3v) is 5.72. The average Bonchev–Trinajstić information content (AvgIpc) is 2.63. The van der Waals surface area contributed by atoms with Crippen LogP contribution >= 0.6 is 27.3 Å². The first-order valence-corrected chi connectivity index (χ1v) is 9.29. The molecule has 0 atom stereocenters. The average molecular weight is 370 g/mol. The van der Waals surface area contributed by atoms with Crippen molar-refractivity contribution in [3.05, 3.63) is 14.7 Å². The third-order valence-electron chi connectivity index (χ3n) is 2.45. The summed E-state index contributed by atoms with van der Waals surface area (Å²) in [4.78, 5) is 1.16. The van der Waals surface area contributed by atoms with Crippen LogP contribution in [0.25, 0.3) is 0 Å². The van der Waals surface area contributed by atoms with Crippen LogP contribution in [0.4, 0.5) is 0 Å². The summed E-state index contributed by atoms with van der Waals surface area (Å²) >= 11 is 4.73. The number of hydrogen-bond acceptors (Lipinski definition) is 4. The van der Waals surface area contributed by atoms with E-state index >= 15 is 0 Å². The highest BCUT2D eigenvalue weighted by molar-refractivity contribution is 9.11. The van der Waals surface area contributed by atoms with E-state index in [2.05, 4.69) is 20.7 Å². The lowest BCUT2D eigenvalue weighted by atomic mass is 10.3. The van der Waals surface area contributed by atoms with Crippen molar-refractivity contribution in [2.24, 2.45) is 0 Å². The van der Waals surface area contributed by atoms with Gasteiger partial charge in [-0.3, -0.25) is 0 Å². The Hall–Kier alpha value is 0.0500. The molecule has 4 nitrogen and oxygen atoms in total. The number of hydrogen-bond donors (Lipinski definition) is 1. The Morgan fingerprint density at radius 3 is 2.63 bits per heavy atom. The van der Waals surface area contributed by atoms with Crippen molar-refractivity contribution >= 4 is 37.3 Å². The van der Waals surface area contributed by atoms with Crippen LogP contribution in [0.3, 0.4) is 0 Å². The maximum atomic E-state index is 12.1. The smallest absolute Gasteiger partial charge is 0.241 e. The van der Waals surface area contributed by atoms with Crippen molar-refractivity contribution in [3.63, 3.8) is 0 Å². The van der Waals surface area contributed by atoms with Gasteiger partial charge in [-0.1, -0.05) is 0 Å². The number of halogens is 1. The fraction of sp³-hybridized carbons (Fsp3) is 0.667. The van der Waals surface area contributed by atoms with Crippen molar-refractivity contribution in [1.82, 2.24) is 4.72 Å². The Balaban J connectivity index is 2.38. The van der Waals surface area contributed by atoms with Crippen molar-refractivity contribution < 1.29 is 13.2 Å². The van der Waals surface area contributed by atoms with E-state index in [1.165, 1.54) is 11.3 Å². The van der Waals surface area contributed by atoms with Crippen LogP contribution in [0.1, 0.15) is 31.6 Å². The van der Waals surface area contributed by atoms with Gasteiger partial charge in [-0.2, -0.15) is 0 Å². The predicted molar refractivity (Wildman–Crippen MR) is 82.3 cm³/mol. The predicted octanol–water partition coefficient (Wildman–Crippen LogP) is 3.30. The Kier molecular flexibility index (Phi) is 6.96. The van der Waals surface area contributed by atoms with Crippen molar-refractivity contribution in [3.8, 4) is 0 Å². The maximum absolute atomic E-state index is 12.1. The normalized spacial score (nSPS) is 12.3. The molecule has 19 heavy (non-hydrogen) atoms. The lowest BCUT2D eigenvalue weighted by Crippen LogP contribution is -2.25. The zero-order valence-electron chi connectivity index (χ0n) is 11.4. The molecule has 0 amide bonds. The molecule has 0 unspecified atom stereocenters. The van der Waals surface area contributed by atoms with Crippen molar-refractivity contribution in [2.45, 2.75) is 44.6 Å². The molecule has 1 heterocycles. The van der Waals surface area contributed by atoms with Gasteiger partial charge < -0.3 is 4.74 Å². The summed E-state index contributed by atoms with van der Waals surface area (Å²) in [5.41, 5.74) is 0. The van der Waals surface area contributed by atoms with Gasteiger partial charge in [0.05, 0.1) is 14.8 Å². The fourth-order valence-corrected chi connectivity index (χ4v) is 5.01. The van der Waals surface area contributed by atoms with Crippen LogP contribution < -0.4 is 4.72 Å². The number of nitrogens with one attached hydrogen (secondary N) is 1. The topological polar surface area (TPSA) is 55.4 Å². The van der Waals surface area contributed by atoms with E-state index in [4.69, 9.17) is 4.74 Å². The Morgan fingerprint density at radius 1 is 1.42 bits per heavy atom. The first-order chi connectivity index (χ1) is 8.83. The molecule has 1 N–H and O–H groups in total. The number of rotatable bonds is 8. The van der Waals surface area contributed by atoms with E-state index in [0.717, 1.165) is 21.5 Å². The summed E-state index contributed by atoms with van der Waals surface area (Å²) in [7, 11) is -3.38. The van der Waals surface area contributed by atoms with E-state index in [1.54, 1.807) is 13.0 Å². The summed E-state index contributed by atoms with van der Waals surface area (Å²) < 4.78 is 33.0. The lowest BCUT2D eigenvalue weighted by molar-refractivity contribution is 0.0762. The Bertz CT molecular complexity index is 497. The third kappa shape index (κ3) is 5.91. The Morgan fingerprint density at radius 2 is 2.11 bits per heavy atom. The van der Waals surface area contributed by atoms with Gasteiger partial charge in [0, 0.05) is 18.0 Å². The molecule has 0 saturated carbocycles. The molecule has 1 rings (SSSR count). The lowest BCUT2D eigenvalue weighted by Gasteiger charge is -2.08. The molecule has 0 radical (unpaired) electrons. The largest absolute Gasteiger partial charge is 0.379 e. The molecule has 0 aliphatic heterocycles. The standard InChI is InChI=1S/C12H20BrNO3S2/c1-9(2)17-7-5-4-6-14-19(15,16)11-8-12(13)18-10(11)3/h8-9,14H,4-7H2,1-3H3. The van der Waals surface area contributed by atoms with Gasteiger partial charge in [-0.05, 0) is 55.6 Å². The first-order valence-electron chi connectivity index (χ1n) is 6.20. The summed E-state index contributed by atoms with van der Waals surface area (Å²) in [6.45, 7) is 6.89. The first kappa shape index (κ1) is 17.1. The van der Waals surface area contributed by atoms with E-state index in [9.17, 15) is 8.42 Å². The second-order valence-corrected chi connectivity index (χ2v) is 8.87. The second-order valence-electron chi connectivity index (χ2n) is 4.50. The van der Waals surface area contributed by atoms with E-state index in [0.29, 0.717) is 18.0 Å². The molecule has 1 aromatic rings. The molecule has 110 valence electrons. The van der Waals surface area contributed by atoms with Gasteiger partial charge >= 0.3 is 0 Å². The summed E-state index contributed by atoms with van der Waals surface area (Å²) in [5.74, 6) is 0. The van der Waals surface area contributed by atoms with Crippen LogP contribution in [0.15, 0.2) is 14.7 Å².